The first-order valence-electron chi connectivity index (χ1n) is 9.75. The Kier molecular flexibility index (Phi) is 8.20. The molecule has 0 aromatic heterocycles. The normalized spacial score (nSPS) is 13.0. The highest BCUT2D eigenvalue weighted by molar-refractivity contribution is 5.87. The summed E-state index contributed by atoms with van der Waals surface area (Å²) in [7, 11) is 0. The molecule has 8 heteroatoms. The van der Waals surface area contributed by atoms with Crippen molar-refractivity contribution in [1.82, 2.24) is 0 Å². The summed E-state index contributed by atoms with van der Waals surface area (Å²) >= 11 is 0. The minimum atomic E-state index is -1.14. The van der Waals surface area contributed by atoms with Gasteiger partial charge in [-0.1, -0.05) is 25.0 Å². The molecular weight excluding hydrogens is 388 g/mol. The van der Waals surface area contributed by atoms with Crippen LogP contribution in [0.15, 0.2) is 36.4 Å². The van der Waals surface area contributed by atoms with Crippen LogP contribution in [0, 0.1) is 10.8 Å². The third kappa shape index (κ3) is 6.20. The van der Waals surface area contributed by atoms with Gasteiger partial charge in [0.2, 0.25) is 0 Å². The zero-order chi connectivity index (χ0) is 22.3. The van der Waals surface area contributed by atoms with Crippen LogP contribution in [0.2, 0.25) is 0 Å². The molecule has 8 N–H and O–H groups in total. The summed E-state index contributed by atoms with van der Waals surface area (Å²) in [5, 5.41) is 74.0. The van der Waals surface area contributed by atoms with Crippen LogP contribution in [0.4, 0.5) is 0 Å². The molecule has 0 unspecified atom stereocenters. The molecular formula is C22H28N2O6. The summed E-state index contributed by atoms with van der Waals surface area (Å²) in [5.41, 5.74) is 0.932. The quantitative estimate of drug-likeness (QED) is 0.158. The Labute approximate surface area is 174 Å². The average Bonchev–Trinajstić information content (AvgIpc) is 2.73. The van der Waals surface area contributed by atoms with E-state index in [4.69, 9.17) is 10.8 Å². The molecule has 0 radical (unpaired) electrons. The van der Waals surface area contributed by atoms with Crippen molar-refractivity contribution in [2.75, 3.05) is 0 Å². The Morgan fingerprint density at radius 3 is 1.30 bits per heavy atom. The lowest BCUT2D eigenvalue weighted by molar-refractivity contribution is 0.242. The molecule has 0 heterocycles. The number of aromatic hydroxyl groups is 4. The standard InChI is InChI=1S/C22H28N2O6/c23-15(21(29)13-7-9-17(25)19(27)11-13)5-3-1-2-4-6-16(24)22(30)14-8-10-18(26)20(28)12-14/h7-12,21-30H,1-6H2/t21-,22-/m0/s1. The number of phenolic OH excluding ortho intramolecular Hbond substituents is 4. The molecule has 30 heavy (non-hydrogen) atoms. The summed E-state index contributed by atoms with van der Waals surface area (Å²) in [6, 6.07) is 7.92. The van der Waals surface area contributed by atoms with Crippen molar-refractivity contribution in [1.29, 1.82) is 10.8 Å². The van der Waals surface area contributed by atoms with Crippen LogP contribution in [0.3, 0.4) is 0 Å². The number of hydrogen-bond acceptors (Lipinski definition) is 8. The first-order valence-corrected chi connectivity index (χ1v) is 9.75. The van der Waals surface area contributed by atoms with Crippen LogP contribution in [-0.4, -0.2) is 42.1 Å². The number of phenols is 4. The van der Waals surface area contributed by atoms with Gasteiger partial charge in [-0.05, 0) is 61.1 Å². The van der Waals surface area contributed by atoms with Gasteiger partial charge < -0.3 is 41.5 Å². The van der Waals surface area contributed by atoms with Gasteiger partial charge in [-0.3, -0.25) is 0 Å². The first kappa shape index (κ1) is 23.2. The highest BCUT2D eigenvalue weighted by Crippen LogP contribution is 2.30. The van der Waals surface area contributed by atoms with Crippen molar-refractivity contribution in [3.8, 4) is 23.0 Å². The molecule has 2 atom stereocenters. The smallest absolute Gasteiger partial charge is 0.157 e. The van der Waals surface area contributed by atoms with Gasteiger partial charge in [-0.15, -0.1) is 0 Å². The van der Waals surface area contributed by atoms with Crippen LogP contribution < -0.4 is 0 Å². The van der Waals surface area contributed by atoms with Crippen molar-refractivity contribution in [2.24, 2.45) is 0 Å². The third-order valence-corrected chi connectivity index (χ3v) is 4.93. The second-order valence-electron chi connectivity index (χ2n) is 7.27. The van der Waals surface area contributed by atoms with E-state index >= 15 is 0 Å². The monoisotopic (exact) mass is 416 g/mol. The van der Waals surface area contributed by atoms with Gasteiger partial charge in [0.25, 0.3) is 0 Å². The summed E-state index contributed by atoms with van der Waals surface area (Å²) in [5.74, 6) is -1.25. The summed E-state index contributed by atoms with van der Waals surface area (Å²) in [6.45, 7) is 0. The van der Waals surface area contributed by atoms with E-state index in [0.717, 1.165) is 12.8 Å². The topological polar surface area (TPSA) is 169 Å². The van der Waals surface area contributed by atoms with E-state index in [9.17, 15) is 30.6 Å². The van der Waals surface area contributed by atoms with Crippen molar-refractivity contribution in [3.05, 3.63) is 47.5 Å². The van der Waals surface area contributed by atoms with Crippen molar-refractivity contribution in [2.45, 2.75) is 50.7 Å². The molecule has 0 saturated heterocycles. The summed E-state index contributed by atoms with van der Waals surface area (Å²) in [4.78, 5) is 0. The fraction of sp³-hybridized carbons (Fsp3) is 0.364. The number of nitrogens with one attached hydrogen (secondary N) is 2. The van der Waals surface area contributed by atoms with Crippen LogP contribution >= 0.6 is 0 Å². The van der Waals surface area contributed by atoms with Gasteiger partial charge in [-0.25, -0.2) is 0 Å². The van der Waals surface area contributed by atoms with Gasteiger partial charge in [0.15, 0.2) is 23.0 Å². The second kappa shape index (κ2) is 10.6. The largest absolute Gasteiger partial charge is 0.504 e. The molecule has 0 aliphatic carbocycles. The molecule has 2 rings (SSSR count). The Balaban J connectivity index is 1.68. The molecule has 162 valence electrons. The Bertz CT molecular complexity index is 826. The molecule has 0 aliphatic heterocycles. The Hall–Kier alpha value is -3.10. The number of aliphatic hydroxyl groups is 2. The Morgan fingerprint density at radius 1 is 0.600 bits per heavy atom. The molecule has 2 aromatic rings. The maximum absolute atomic E-state index is 10.2. The maximum atomic E-state index is 10.2. The molecule has 2 aromatic carbocycles. The maximum Gasteiger partial charge on any atom is 0.157 e. The minimum absolute atomic E-state index is 0.121. The van der Waals surface area contributed by atoms with Crippen LogP contribution in [0.25, 0.3) is 0 Å². The molecule has 0 amide bonds. The summed E-state index contributed by atoms with van der Waals surface area (Å²) in [6.07, 6.45) is 1.44. The number of unbranched alkanes of at least 4 members (excludes halogenated alkanes) is 3. The number of hydrogen-bond donors (Lipinski definition) is 8. The zero-order valence-corrected chi connectivity index (χ0v) is 16.5. The number of rotatable bonds is 11. The minimum Gasteiger partial charge on any atom is -0.504 e. The van der Waals surface area contributed by atoms with Gasteiger partial charge in [0, 0.05) is 11.4 Å². The van der Waals surface area contributed by atoms with E-state index in [1.54, 1.807) is 0 Å². The SMILES string of the molecule is N=C(CCCCCCC(=N)[C@@H](O)c1ccc(O)c(O)c1)[C@@H](O)c1ccc(O)c(O)c1. The fourth-order valence-corrected chi connectivity index (χ4v) is 3.08. The van der Waals surface area contributed by atoms with Gasteiger partial charge in [0.05, 0.1) is 0 Å². The van der Waals surface area contributed by atoms with E-state index in [0.29, 0.717) is 36.8 Å². The molecule has 0 fully saturated rings. The van der Waals surface area contributed by atoms with Crippen LogP contribution in [0.5, 0.6) is 23.0 Å². The van der Waals surface area contributed by atoms with E-state index in [1.165, 1.54) is 36.4 Å². The van der Waals surface area contributed by atoms with Crippen molar-refractivity contribution >= 4 is 11.4 Å². The molecule has 0 aliphatic rings. The molecule has 0 bridgehead atoms. The van der Waals surface area contributed by atoms with Crippen LogP contribution in [0.1, 0.15) is 61.9 Å². The predicted molar refractivity (Wildman–Crippen MR) is 113 cm³/mol. The lowest BCUT2D eigenvalue weighted by Gasteiger charge is -2.14. The molecule has 0 saturated carbocycles. The van der Waals surface area contributed by atoms with Gasteiger partial charge in [-0.2, -0.15) is 0 Å². The van der Waals surface area contributed by atoms with E-state index in [1.807, 2.05) is 0 Å². The summed E-state index contributed by atoms with van der Waals surface area (Å²) < 4.78 is 0. The lowest BCUT2D eigenvalue weighted by Crippen LogP contribution is -2.11. The van der Waals surface area contributed by atoms with E-state index in [-0.39, 0.29) is 34.4 Å². The second-order valence-corrected chi connectivity index (χ2v) is 7.27. The van der Waals surface area contributed by atoms with Crippen molar-refractivity contribution in [3.63, 3.8) is 0 Å². The number of benzene rings is 2. The Morgan fingerprint density at radius 2 is 0.967 bits per heavy atom. The fourth-order valence-electron chi connectivity index (χ4n) is 3.08. The van der Waals surface area contributed by atoms with E-state index < -0.39 is 12.2 Å². The zero-order valence-electron chi connectivity index (χ0n) is 16.5. The first-order chi connectivity index (χ1) is 14.2. The van der Waals surface area contributed by atoms with Gasteiger partial charge in [0.1, 0.15) is 12.2 Å². The highest BCUT2D eigenvalue weighted by atomic mass is 16.3. The highest BCUT2D eigenvalue weighted by Gasteiger charge is 2.16. The molecule has 8 nitrogen and oxygen atoms in total. The molecule has 0 spiro atoms. The predicted octanol–water partition coefficient (Wildman–Crippen LogP) is 3.66. The lowest BCUT2D eigenvalue weighted by atomic mass is 9.98. The van der Waals surface area contributed by atoms with E-state index in [2.05, 4.69) is 0 Å². The third-order valence-electron chi connectivity index (χ3n) is 4.93. The van der Waals surface area contributed by atoms with Crippen molar-refractivity contribution < 1.29 is 30.6 Å². The van der Waals surface area contributed by atoms with Crippen LogP contribution in [-0.2, 0) is 0 Å². The average molecular weight is 416 g/mol. The van der Waals surface area contributed by atoms with Gasteiger partial charge >= 0.3 is 0 Å². The number of aliphatic hydroxyl groups excluding tert-OH is 2.